The van der Waals surface area contributed by atoms with Gasteiger partial charge in [-0.05, 0) is 32.6 Å². The molecule has 0 aromatic heterocycles. The highest BCUT2D eigenvalue weighted by molar-refractivity contribution is 5.39. The maximum Gasteiger partial charge on any atom is 0.272 e. The summed E-state index contributed by atoms with van der Waals surface area (Å²) in [6.45, 7) is 4.41. The third kappa shape index (κ3) is 4.99. The molecule has 1 fully saturated rings. The fraction of sp³-hybridized carbons (Fsp3) is 0.647. The van der Waals surface area contributed by atoms with Crippen LogP contribution in [0.25, 0.3) is 0 Å². The molecule has 0 amide bonds. The number of rotatable bonds is 8. The topological polar surface area (TPSA) is 84.6 Å². The summed E-state index contributed by atoms with van der Waals surface area (Å²) in [5, 5.41) is 24.2. The van der Waals surface area contributed by atoms with Gasteiger partial charge < -0.3 is 15.2 Å². The van der Waals surface area contributed by atoms with Crippen LogP contribution in [0, 0.1) is 15.5 Å². The third-order valence-electron chi connectivity index (χ3n) is 4.75. The lowest BCUT2D eigenvalue weighted by Crippen LogP contribution is -2.44. The number of nitro benzene ring substituents is 1. The Kier molecular flexibility index (Phi) is 6.50. The summed E-state index contributed by atoms with van der Waals surface area (Å²) < 4.78 is 5.37. The van der Waals surface area contributed by atoms with Crippen molar-refractivity contribution < 1.29 is 14.8 Å². The molecular weight excluding hydrogens is 296 g/mol. The Morgan fingerprint density at radius 3 is 2.74 bits per heavy atom. The molecule has 1 aliphatic rings. The van der Waals surface area contributed by atoms with E-state index in [9.17, 15) is 15.2 Å². The summed E-state index contributed by atoms with van der Waals surface area (Å²) in [6, 6.07) is 7.14. The number of ether oxygens (including phenoxy) is 1. The summed E-state index contributed by atoms with van der Waals surface area (Å²) >= 11 is 0. The predicted molar refractivity (Wildman–Crippen MR) is 88.5 cm³/mol. The van der Waals surface area contributed by atoms with Crippen LogP contribution in [0.5, 0.6) is 0 Å². The standard InChI is InChI=1S/C17H26N2O4/c1-14(18-12-17(13-20)8-10-23-11-9-17)6-7-15-4-2-3-5-16(15)19(21)22/h2-5,14,18,20H,6-13H2,1H3. The lowest BCUT2D eigenvalue weighted by Gasteiger charge is -2.36. The molecule has 1 unspecified atom stereocenters. The second-order valence-corrected chi connectivity index (χ2v) is 6.48. The quantitative estimate of drug-likeness (QED) is 0.566. The van der Waals surface area contributed by atoms with Gasteiger partial charge in [0, 0.05) is 42.8 Å². The van der Waals surface area contributed by atoms with Crippen molar-refractivity contribution in [2.75, 3.05) is 26.4 Å². The molecule has 2 rings (SSSR count). The number of para-hydroxylation sites is 1. The Labute approximate surface area is 137 Å². The molecule has 23 heavy (non-hydrogen) atoms. The van der Waals surface area contributed by atoms with Gasteiger partial charge in [0.15, 0.2) is 0 Å². The maximum atomic E-state index is 11.0. The van der Waals surface area contributed by atoms with Gasteiger partial charge in [-0.3, -0.25) is 10.1 Å². The number of hydrogen-bond donors (Lipinski definition) is 2. The van der Waals surface area contributed by atoms with Crippen molar-refractivity contribution in [2.45, 2.75) is 38.6 Å². The number of hydrogen-bond acceptors (Lipinski definition) is 5. The molecular formula is C17H26N2O4. The van der Waals surface area contributed by atoms with Gasteiger partial charge in [0.25, 0.3) is 5.69 Å². The molecule has 0 spiro atoms. The number of benzene rings is 1. The molecule has 0 bridgehead atoms. The largest absolute Gasteiger partial charge is 0.396 e. The van der Waals surface area contributed by atoms with Gasteiger partial charge in [0.2, 0.25) is 0 Å². The summed E-state index contributed by atoms with van der Waals surface area (Å²) in [5.74, 6) is 0. The molecule has 128 valence electrons. The second-order valence-electron chi connectivity index (χ2n) is 6.48. The summed E-state index contributed by atoms with van der Waals surface area (Å²) in [7, 11) is 0. The minimum atomic E-state index is -0.323. The van der Waals surface area contributed by atoms with Crippen LogP contribution in [-0.2, 0) is 11.2 Å². The Hall–Kier alpha value is -1.50. The smallest absolute Gasteiger partial charge is 0.272 e. The van der Waals surface area contributed by atoms with Gasteiger partial charge in [0.05, 0.1) is 11.5 Å². The van der Waals surface area contributed by atoms with Crippen molar-refractivity contribution in [1.29, 1.82) is 0 Å². The summed E-state index contributed by atoms with van der Waals surface area (Å²) in [4.78, 5) is 10.7. The van der Waals surface area contributed by atoms with E-state index in [1.54, 1.807) is 12.1 Å². The molecule has 1 heterocycles. The van der Waals surface area contributed by atoms with Crippen molar-refractivity contribution in [3.63, 3.8) is 0 Å². The van der Waals surface area contributed by atoms with E-state index in [0.717, 1.165) is 31.4 Å². The highest BCUT2D eigenvalue weighted by Crippen LogP contribution is 2.29. The first-order valence-electron chi connectivity index (χ1n) is 8.21. The number of aliphatic hydroxyl groups is 1. The maximum absolute atomic E-state index is 11.0. The van der Waals surface area contributed by atoms with E-state index in [1.807, 2.05) is 12.1 Å². The number of aliphatic hydroxyl groups excluding tert-OH is 1. The van der Waals surface area contributed by atoms with E-state index in [1.165, 1.54) is 0 Å². The first kappa shape index (κ1) is 17.8. The highest BCUT2D eigenvalue weighted by Gasteiger charge is 2.32. The first-order chi connectivity index (χ1) is 11.1. The van der Waals surface area contributed by atoms with E-state index in [4.69, 9.17) is 4.74 Å². The van der Waals surface area contributed by atoms with Crippen LogP contribution in [0.15, 0.2) is 24.3 Å². The zero-order valence-corrected chi connectivity index (χ0v) is 13.7. The normalized spacial score (nSPS) is 18.5. The molecule has 0 saturated carbocycles. The van der Waals surface area contributed by atoms with Crippen molar-refractivity contribution >= 4 is 5.69 Å². The van der Waals surface area contributed by atoms with Crippen molar-refractivity contribution in [1.82, 2.24) is 5.32 Å². The van der Waals surface area contributed by atoms with E-state index in [0.29, 0.717) is 19.6 Å². The fourth-order valence-electron chi connectivity index (χ4n) is 2.96. The van der Waals surface area contributed by atoms with Gasteiger partial charge in [-0.15, -0.1) is 0 Å². The van der Waals surface area contributed by atoms with Gasteiger partial charge in [-0.2, -0.15) is 0 Å². The van der Waals surface area contributed by atoms with Crippen LogP contribution in [0.3, 0.4) is 0 Å². The molecule has 1 saturated heterocycles. The van der Waals surface area contributed by atoms with Crippen molar-refractivity contribution in [2.24, 2.45) is 5.41 Å². The molecule has 0 aliphatic carbocycles. The monoisotopic (exact) mass is 322 g/mol. The van der Waals surface area contributed by atoms with Gasteiger partial charge >= 0.3 is 0 Å². The zero-order valence-electron chi connectivity index (χ0n) is 13.7. The van der Waals surface area contributed by atoms with Gasteiger partial charge in [-0.25, -0.2) is 0 Å². The van der Waals surface area contributed by atoms with Crippen molar-refractivity contribution in [3.05, 3.63) is 39.9 Å². The second kappa shape index (κ2) is 8.38. The Bertz CT molecular complexity index is 515. The highest BCUT2D eigenvalue weighted by atomic mass is 16.6. The van der Waals surface area contributed by atoms with Crippen molar-refractivity contribution in [3.8, 4) is 0 Å². The lowest BCUT2D eigenvalue weighted by atomic mass is 9.81. The molecule has 2 N–H and O–H groups in total. The lowest BCUT2D eigenvalue weighted by molar-refractivity contribution is -0.385. The SMILES string of the molecule is CC(CCc1ccccc1[N+](=O)[O-])NCC1(CO)CCOCC1. The Morgan fingerprint density at radius 1 is 1.39 bits per heavy atom. The average Bonchev–Trinajstić information content (AvgIpc) is 2.59. The van der Waals surface area contributed by atoms with E-state index >= 15 is 0 Å². The number of nitrogens with zero attached hydrogens (tertiary/aromatic N) is 1. The summed E-state index contributed by atoms with van der Waals surface area (Å²) in [6.07, 6.45) is 3.23. The molecule has 6 nitrogen and oxygen atoms in total. The first-order valence-corrected chi connectivity index (χ1v) is 8.21. The van der Waals surface area contributed by atoms with Gasteiger partial charge in [-0.1, -0.05) is 18.2 Å². The van der Waals surface area contributed by atoms with Crippen LogP contribution in [0.4, 0.5) is 5.69 Å². The number of nitro groups is 1. The van der Waals surface area contributed by atoms with E-state index in [-0.39, 0.29) is 28.7 Å². The minimum Gasteiger partial charge on any atom is -0.396 e. The third-order valence-corrected chi connectivity index (χ3v) is 4.75. The Balaban J connectivity index is 1.83. The average molecular weight is 322 g/mol. The summed E-state index contributed by atoms with van der Waals surface area (Å²) in [5.41, 5.74) is 0.871. The molecule has 1 aromatic carbocycles. The van der Waals surface area contributed by atoms with Crippen LogP contribution >= 0.6 is 0 Å². The van der Waals surface area contributed by atoms with Crippen LogP contribution in [0.2, 0.25) is 0 Å². The minimum absolute atomic E-state index is 0.0920. The zero-order chi connectivity index (χ0) is 16.7. The number of aryl methyl sites for hydroxylation is 1. The molecule has 6 heteroatoms. The molecule has 1 atom stereocenters. The van der Waals surface area contributed by atoms with Crippen LogP contribution in [-0.4, -0.2) is 42.4 Å². The predicted octanol–water partition coefficient (Wildman–Crippen LogP) is 2.29. The number of nitrogens with one attached hydrogen (secondary N) is 1. The van der Waals surface area contributed by atoms with E-state index < -0.39 is 0 Å². The van der Waals surface area contributed by atoms with Gasteiger partial charge in [0.1, 0.15) is 0 Å². The molecule has 1 aromatic rings. The molecule has 1 aliphatic heterocycles. The molecule has 0 radical (unpaired) electrons. The Morgan fingerprint density at radius 2 is 2.09 bits per heavy atom. The van der Waals surface area contributed by atoms with Crippen LogP contribution in [0.1, 0.15) is 31.7 Å². The fourth-order valence-corrected chi connectivity index (χ4v) is 2.96. The van der Waals surface area contributed by atoms with Crippen LogP contribution < -0.4 is 5.32 Å². The van der Waals surface area contributed by atoms with E-state index in [2.05, 4.69) is 12.2 Å².